The summed E-state index contributed by atoms with van der Waals surface area (Å²) in [4.78, 5) is 4.04. The summed E-state index contributed by atoms with van der Waals surface area (Å²) in [5, 5.41) is 11.4. The monoisotopic (exact) mass is 446 g/mol. The quantitative estimate of drug-likeness (QED) is 0.368. The van der Waals surface area contributed by atoms with E-state index < -0.39 is 0 Å². The van der Waals surface area contributed by atoms with Gasteiger partial charge in [0.25, 0.3) is 0 Å². The van der Waals surface area contributed by atoms with Gasteiger partial charge in [0.1, 0.15) is 5.69 Å². The first-order valence-electron chi connectivity index (χ1n) is 3.48. The van der Waals surface area contributed by atoms with E-state index in [1.54, 1.807) is 0 Å². The predicted octanol–water partition coefficient (Wildman–Crippen LogP) is 3.42. The van der Waals surface area contributed by atoms with Crippen LogP contribution in [0.2, 0.25) is 0 Å². The molecule has 0 amide bonds. The molecule has 1 heterocycles. The second kappa shape index (κ2) is 3.95. The molecule has 1 aliphatic heterocycles. The zero-order valence-electron chi connectivity index (χ0n) is 6.44. The standard InChI is InChI=1S/C7H2Br4N2O/c8-2-3(9)5(11)7-6(4(2)10)12-1-13(7)14/h1,13H. The second-order valence-corrected chi connectivity index (χ2v) is 5.77. The third-order valence-electron chi connectivity index (χ3n) is 1.80. The SMILES string of the molecule is [O-][NH+]1C=Nc2c(Br)c(Br)c(Br)c(Br)c21. The van der Waals surface area contributed by atoms with E-state index in [1.165, 1.54) is 6.34 Å². The fourth-order valence-electron chi connectivity index (χ4n) is 1.15. The normalized spacial score (nSPS) is 18.8. The molecule has 3 nitrogen and oxygen atoms in total. The summed E-state index contributed by atoms with van der Waals surface area (Å²) in [6, 6.07) is 0. The second-order valence-electron chi connectivity index (χ2n) is 2.60. The molecule has 0 saturated heterocycles. The van der Waals surface area contributed by atoms with Crippen LogP contribution in [-0.4, -0.2) is 6.34 Å². The molecule has 0 saturated carbocycles. The largest absolute Gasteiger partial charge is 0.623 e. The summed E-state index contributed by atoms with van der Waals surface area (Å²) in [7, 11) is 0. The van der Waals surface area contributed by atoms with E-state index in [9.17, 15) is 5.21 Å². The molecular weight excluding hydrogens is 448 g/mol. The van der Waals surface area contributed by atoms with Gasteiger partial charge < -0.3 is 5.21 Å². The Labute approximate surface area is 114 Å². The van der Waals surface area contributed by atoms with Crippen LogP contribution >= 0.6 is 63.7 Å². The molecule has 1 N–H and O–H groups in total. The third kappa shape index (κ3) is 1.54. The van der Waals surface area contributed by atoms with Gasteiger partial charge in [0.15, 0.2) is 12.0 Å². The van der Waals surface area contributed by atoms with Gasteiger partial charge in [0, 0.05) is 4.47 Å². The zero-order chi connectivity index (χ0) is 10.5. The minimum absolute atomic E-state index is 0.0826. The topological polar surface area (TPSA) is 39.9 Å². The van der Waals surface area contributed by atoms with Gasteiger partial charge in [0.05, 0.1) is 13.4 Å². The van der Waals surface area contributed by atoms with Crippen molar-refractivity contribution >= 4 is 81.4 Å². The average molecular weight is 450 g/mol. The Bertz CT molecular complexity index is 446. The van der Waals surface area contributed by atoms with Crippen molar-refractivity contribution in [3.8, 4) is 0 Å². The lowest BCUT2D eigenvalue weighted by Crippen LogP contribution is -2.99. The molecule has 0 spiro atoms. The number of hydrogen-bond acceptors (Lipinski definition) is 2. The van der Waals surface area contributed by atoms with Crippen molar-refractivity contribution in [2.24, 2.45) is 4.99 Å². The van der Waals surface area contributed by atoms with Gasteiger partial charge in [0.2, 0.25) is 0 Å². The Balaban J connectivity index is 2.82. The summed E-state index contributed by atoms with van der Waals surface area (Å²) < 4.78 is 3.16. The molecule has 1 aromatic carbocycles. The maximum Gasteiger partial charge on any atom is 0.194 e. The van der Waals surface area contributed by atoms with Crippen LogP contribution in [0.5, 0.6) is 0 Å². The minimum atomic E-state index is -0.0826. The molecule has 0 bridgehead atoms. The number of aliphatic imine (C=N–C) groups is 1. The molecule has 0 aromatic heterocycles. The molecule has 1 unspecified atom stereocenters. The highest BCUT2D eigenvalue weighted by Crippen LogP contribution is 2.48. The molecule has 0 aliphatic carbocycles. The van der Waals surface area contributed by atoms with E-state index in [1.807, 2.05) is 0 Å². The molecule has 74 valence electrons. The maximum absolute atomic E-state index is 11.5. The third-order valence-corrected chi connectivity index (χ3v) is 6.55. The Morgan fingerprint density at radius 2 is 1.57 bits per heavy atom. The molecule has 7 heteroatoms. The smallest absolute Gasteiger partial charge is 0.194 e. The van der Waals surface area contributed by atoms with Crippen LogP contribution < -0.4 is 5.06 Å². The number of quaternary nitrogens is 1. The summed E-state index contributed by atoms with van der Waals surface area (Å²) >= 11 is 13.5. The highest BCUT2D eigenvalue weighted by Gasteiger charge is 2.26. The molecule has 0 radical (unpaired) electrons. The first kappa shape index (κ1) is 11.2. The van der Waals surface area contributed by atoms with E-state index >= 15 is 0 Å². The number of halogens is 4. The summed E-state index contributed by atoms with van der Waals surface area (Å²) in [6.07, 6.45) is 1.32. The van der Waals surface area contributed by atoms with Gasteiger partial charge in [-0.2, -0.15) is 4.99 Å². The Morgan fingerprint density at radius 1 is 1.00 bits per heavy atom. The van der Waals surface area contributed by atoms with E-state index in [0.717, 1.165) is 17.9 Å². The van der Waals surface area contributed by atoms with Gasteiger partial charge >= 0.3 is 0 Å². The molecule has 2 rings (SSSR count). The highest BCUT2D eigenvalue weighted by molar-refractivity contribution is 9.15. The number of nitrogens with zero attached hydrogens (tertiary/aromatic N) is 1. The van der Waals surface area contributed by atoms with Gasteiger partial charge in [-0.05, 0) is 63.7 Å². The van der Waals surface area contributed by atoms with E-state index in [-0.39, 0.29) is 5.06 Å². The number of hydrogen-bond donors (Lipinski definition) is 1. The zero-order valence-corrected chi connectivity index (χ0v) is 12.8. The van der Waals surface area contributed by atoms with Crippen LogP contribution in [0.25, 0.3) is 0 Å². The number of nitrogens with one attached hydrogen (secondary N) is 1. The number of fused-ring (bicyclic) bond motifs is 1. The lowest BCUT2D eigenvalue weighted by atomic mass is 10.3. The maximum atomic E-state index is 11.5. The molecular formula is C7H2Br4N2O. The first-order valence-corrected chi connectivity index (χ1v) is 6.65. The molecule has 1 aliphatic rings. The number of hydroxylamine groups is 1. The molecule has 1 atom stereocenters. The van der Waals surface area contributed by atoms with Crippen LogP contribution in [0.1, 0.15) is 0 Å². The first-order chi connectivity index (χ1) is 6.54. The summed E-state index contributed by atoms with van der Waals surface area (Å²) in [5.41, 5.74) is 1.25. The molecule has 1 aromatic rings. The predicted molar refractivity (Wildman–Crippen MR) is 69.4 cm³/mol. The minimum Gasteiger partial charge on any atom is -0.623 e. The van der Waals surface area contributed by atoms with Crippen molar-refractivity contribution in [1.82, 2.24) is 0 Å². The van der Waals surface area contributed by atoms with Crippen molar-refractivity contribution in [1.29, 1.82) is 0 Å². The van der Waals surface area contributed by atoms with Crippen molar-refractivity contribution in [2.45, 2.75) is 0 Å². The van der Waals surface area contributed by atoms with Gasteiger partial charge in [-0.15, -0.1) is 0 Å². The van der Waals surface area contributed by atoms with Crippen LogP contribution in [-0.2, 0) is 0 Å². The van der Waals surface area contributed by atoms with Crippen molar-refractivity contribution < 1.29 is 5.06 Å². The highest BCUT2D eigenvalue weighted by atomic mass is 79.9. The van der Waals surface area contributed by atoms with Gasteiger partial charge in [-0.3, -0.25) is 5.06 Å². The van der Waals surface area contributed by atoms with E-state index in [2.05, 4.69) is 68.7 Å². The fourth-order valence-corrected chi connectivity index (χ4v) is 3.55. The van der Waals surface area contributed by atoms with Crippen LogP contribution in [0.4, 0.5) is 11.4 Å². The Morgan fingerprint density at radius 3 is 2.21 bits per heavy atom. The Kier molecular flexibility index (Phi) is 3.17. The van der Waals surface area contributed by atoms with Gasteiger partial charge in [-0.1, -0.05) is 0 Å². The molecule has 14 heavy (non-hydrogen) atoms. The van der Waals surface area contributed by atoms with Crippen molar-refractivity contribution in [2.75, 3.05) is 0 Å². The van der Waals surface area contributed by atoms with Crippen molar-refractivity contribution in [3.05, 3.63) is 23.1 Å². The molecule has 0 fully saturated rings. The average Bonchev–Trinajstić information content (AvgIpc) is 2.54. The van der Waals surface area contributed by atoms with Crippen molar-refractivity contribution in [3.63, 3.8) is 0 Å². The number of benzene rings is 1. The fraction of sp³-hybridized carbons (Fsp3) is 0. The lowest BCUT2D eigenvalue weighted by molar-refractivity contribution is -0.655. The van der Waals surface area contributed by atoms with Crippen LogP contribution in [0.3, 0.4) is 0 Å². The van der Waals surface area contributed by atoms with Crippen LogP contribution in [0.15, 0.2) is 22.9 Å². The number of rotatable bonds is 0. The van der Waals surface area contributed by atoms with Crippen LogP contribution in [0, 0.1) is 5.21 Å². The van der Waals surface area contributed by atoms with E-state index in [0.29, 0.717) is 11.4 Å². The lowest BCUT2D eigenvalue weighted by Gasteiger charge is -2.15. The summed E-state index contributed by atoms with van der Waals surface area (Å²) in [6.45, 7) is 0. The Hall–Kier alpha value is 0.730. The summed E-state index contributed by atoms with van der Waals surface area (Å²) in [5.74, 6) is 0. The van der Waals surface area contributed by atoms with E-state index in [4.69, 9.17) is 0 Å². The van der Waals surface area contributed by atoms with Gasteiger partial charge in [-0.25, -0.2) is 0 Å².